The number of anilines is 1. The molecule has 2 rings (SSSR count). The Labute approximate surface area is 144 Å². The standard InChI is InChI=1S/C16H21N3O6/c1-4-25-16(20)12-8-13(18(21)22)15(14(9-12)19(23)24)17-10(2)6-5-7-11(17)3/h8-11H,4-7H2,1-3H3. The number of carbonyl (C=O) groups excluding carboxylic acids is 1. The minimum atomic E-state index is -0.819. The van der Waals surface area contributed by atoms with Gasteiger partial charge < -0.3 is 9.64 Å². The average molecular weight is 351 g/mol. The van der Waals surface area contributed by atoms with Gasteiger partial charge in [-0.3, -0.25) is 20.2 Å². The summed E-state index contributed by atoms with van der Waals surface area (Å²) in [7, 11) is 0. The molecule has 0 amide bonds. The maximum atomic E-state index is 11.9. The predicted molar refractivity (Wildman–Crippen MR) is 91.0 cm³/mol. The lowest BCUT2D eigenvalue weighted by Gasteiger charge is -2.40. The summed E-state index contributed by atoms with van der Waals surface area (Å²) in [4.78, 5) is 35.5. The van der Waals surface area contributed by atoms with E-state index >= 15 is 0 Å². The molecular weight excluding hydrogens is 330 g/mol. The summed E-state index contributed by atoms with van der Waals surface area (Å²) in [6.07, 6.45) is 2.54. The molecule has 9 heteroatoms. The quantitative estimate of drug-likeness (QED) is 0.453. The van der Waals surface area contributed by atoms with Gasteiger partial charge in [-0.1, -0.05) is 0 Å². The number of esters is 1. The van der Waals surface area contributed by atoms with Gasteiger partial charge in [-0.15, -0.1) is 0 Å². The normalized spacial score (nSPS) is 20.2. The summed E-state index contributed by atoms with van der Waals surface area (Å²) < 4.78 is 4.83. The van der Waals surface area contributed by atoms with E-state index in [0.29, 0.717) is 0 Å². The maximum Gasteiger partial charge on any atom is 0.338 e. The van der Waals surface area contributed by atoms with Gasteiger partial charge in [0.1, 0.15) is 0 Å². The number of hydrogen-bond acceptors (Lipinski definition) is 7. The Balaban J connectivity index is 2.70. The molecule has 1 aromatic rings. The lowest BCUT2D eigenvalue weighted by Crippen LogP contribution is -2.44. The lowest BCUT2D eigenvalue weighted by molar-refractivity contribution is -0.392. The fraction of sp³-hybridized carbons (Fsp3) is 0.562. The molecular formula is C16H21N3O6. The first-order valence-corrected chi connectivity index (χ1v) is 8.20. The molecule has 1 fully saturated rings. The van der Waals surface area contributed by atoms with E-state index in [0.717, 1.165) is 31.4 Å². The van der Waals surface area contributed by atoms with Gasteiger partial charge in [-0.05, 0) is 40.0 Å². The van der Waals surface area contributed by atoms with Crippen molar-refractivity contribution in [2.45, 2.75) is 52.1 Å². The lowest BCUT2D eigenvalue weighted by atomic mass is 9.95. The molecule has 2 unspecified atom stereocenters. The predicted octanol–water partition coefficient (Wildman–Crippen LogP) is 3.45. The summed E-state index contributed by atoms with van der Waals surface area (Å²) in [5, 5.41) is 23.2. The first-order chi connectivity index (χ1) is 11.8. The number of nitro groups is 2. The average Bonchev–Trinajstić information content (AvgIpc) is 2.54. The van der Waals surface area contributed by atoms with Crippen molar-refractivity contribution in [3.05, 3.63) is 37.9 Å². The summed E-state index contributed by atoms with van der Waals surface area (Å²) in [5.41, 5.74) is -1.13. The Morgan fingerprint density at radius 3 is 2.04 bits per heavy atom. The second-order valence-corrected chi connectivity index (χ2v) is 6.13. The highest BCUT2D eigenvalue weighted by Gasteiger charge is 2.37. The number of nitro benzene ring substituents is 2. The molecule has 9 nitrogen and oxygen atoms in total. The molecule has 0 aliphatic carbocycles. The molecule has 0 aromatic heterocycles. The monoisotopic (exact) mass is 351 g/mol. The number of rotatable bonds is 5. The van der Waals surface area contributed by atoms with E-state index < -0.39 is 27.2 Å². The molecule has 136 valence electrons. The van der Waals surface area contributed by atoms with Crippen LogP contribution in [0.1, 0.15) is 50.4 Å². The fourth-order valence-electron chi connectivity index (χ4n) is 3.34. The maximum absolute atomic E-state index is 11.9. The van der Waals surface area contributed by atoms with Crippen LogP contribution in [0.3, 0.4) is 0 Å². The molecule has 0 spiro atoms. The van der Waals surface area contributed by atoms with Crippen LogP contribution in [0.15, 0.2) is 12.1 Å². The molecule has 0 N–H and O–H groups in total. The topological polar surface area (TPSA) is 116 Å². The zero-order chi connectivity index (χ0) is 18.7. The van der Waals surface area contributed by atoms with Crippen LogP contribution < -0.4 is 4.90 Å². The smallest absolute Gasteiger partial charge is 0.338 e. The van der Waals surface area contributed by atoms with E-state index in [1.54, 1.807) is 11.8 Å². The molecule has 1 heterocycles. The highest BCUT2D eigenvalue weighted by molar-refractivity contribution is 5.94. The van der Waals surface area contributed by atoms with Gasteiger partial charge in [-0.2, -0.15) is 0 Å². The van der Waals surface area contributed by atoms with E-state index in [1.807, 2.05) is 13.8 Å². The van der Waals surface area contributed by atoms with Gasteiger partial charge in [-0.25, -0.2) is 4.79 Å². The SMILES string of the molecule is CCOC(=O)c1cc([N+](=O)[O-])c(N2C(C)CCCC2C)c([N+](=O)[O-])c1. The minimum Gasteiger partial charge on any atom is -0.462 e. The second kappa shape index (κ2) is 7.45. The van der Waals surface area contributed by atoms with Gasteiger partial charge in [0.15, 0.2) is 5.69 Å². The number of ether oxygens (including phenoxy) is 1. The highest BCUT2D eigenvalue weighted by Crippen LogP contribution is 2.43. The molecule has 25 heavy (non-hydrogen) atoms. The van der Waals surface area contributed by atoms with Crippen molar-refractivity contribution >= 4 is 23.0 Å². The molecule has 0 radical (unpaired) electrons. The number of hydrogen-bond donors (Lipinski definition) is 0. The van der Waals surface area contributed by atoms with Crippen molar-refractivity contribution in [1.29, 1.82) is 0 Å². The minimum absolute atomic E-state index is 0.0391. The third-order valence-electron chi connectivity index (χ3n) is 4.43. The van der Waals surface area contributed by atoms with Crippen LogP contribution in [0, 0.1) is 20.2 Å². The van der Waals surface area contributed by atoms with Crippen molar-refractivity contribution in [1.82, 2.24) is 0 Å². The molecule has 0 bridgehead atoms. The van der Waals surface area contributed by atoms with E-state index in [4.69, 9.17) is 4.74 Å². The Morgan fingerprint density at radius 2 is 1.64 bits per heavy atom. The summed E-state index contributed by atoms with van der Waals surface area (Å²) in [6.45, 7) is 5.44. The fourth-order valence-corrected chi connectivity index (χ4v) is 3.34. The van der Waals surface area contributed by atoms with Gasteiger partial charge in [0, 0.05) is 24.2 Å². The zero-order valence-electron chi connectivity index (χ0n) is 14.4. The molecule has 1 saturated heterocycles. The highest BCUT2D eigenvalue weighted by atomic mass is 16.6. The van der Waals surface area contributed by atoms with E-state index in [9.17, 15) is 25.0 Å². The van der Waals surface area contributed by atoms with Crippen molar-refractivity contribution in [2.24, 2.45) is 0 Å². The van der Waals surface area contributed by atoms with Gasteiger partial charge in [0.25, 0.3) is 0 Å². The van der Waals surface area contributed by atoms with Crippen molar-refractivity contribution < 1.29 is 19.4 Å². The van der Waals surface area contributed by atoms with Crippen molar-refractivity contribution in [3.8, 4) is 0 Å². The van der Waals surface area contributed by atoms with Crippen molar-refractivity contribution in [3.63, 3.8) is 0 Å². The van der Waals surface area contributed by atoms with Crippen molar-refractivity contribution in [2.75, 3.05) is 11.5 Å². The number of benzene rings is 1. The van der Waals surface area contributed by atoms with Crippen LogP contribution in [0.4, 0.5) is 17.1 Å². The van der Waals surface area contributed by atoms with Crippen LogP contribution in [0.25, 0.3) is 0 Å². The van der Waals surface area contributed by atoms with Crippen LogP contribution >= 0.6 is 0 Å². The first kappa shape index (κ1) is 18.6. The molecule has 1 aliphatic rings. The van der Waals surface area contributed by atoms with Crippen LogP contribution in [0.2, 0.25) is 0 Å². The van der Waals surface area contributed by atoms with Gasteiger partial charge in [0.2, 0.25) is 0 Å². The Morgan fingerprint density at radius 1 is 1.16 bits per heavy atom. The van der Waals surface area contributed by atoms with E-state index in [2.05, 4.69) is 0 Å². The third-order valence-corrected chi connectivity index (χ3v) is 4.43. The van der Waals surface area contributed by atoms with Crippen LogP contribution in [-0.4, -0.2) is 34.5 Å². The number of piperidine rings is 1. The Hall–Kier alpha value is -2.71. The van der Waals surface area contributed by atoms with Crippen LogP contribution in [-0.2, 0) is 4.74 Å². The summed E-state index contributed by atoms with van der Waals surface area (Å²) >= 11 is 0. The van der Waals surface area contributed by atoms with Gasteiger partial charge >= 0.3 is 17.3 Å². The Bertz CT molecular complexity index is 660. The Kier molecular flexibility index (Phi) is 5.55. The first-order valence-electron chi connectivity index (χ1n) is 8.20. The summed E-state index contributed by atoms with van der Waals surface area (Å²) in [5.74, 6) is -0.819. The van der Waals surface area contributed by atoms with E-state index in [1.165, 1.54) is 0 Å². The molecule has 1 aromatic carbocycles. The number of carbonyl (C=O) groups is 1. The van der Waals surface area contributed by atoms with E-state index in [-0.39, 0.29) is 29.9 Å². The summed E-state index contributed by atoms with van der Waals surface area (Å²) in [6, 6.07) is 1.98. The molecule has 1 aliphatic heterocycles. The molecule has 2 atom stereocenters. The molecule has 0 saturated carbocycles. The third kappa shape index (κ3) is 3.70. The largest absolute Gasteiger partial charge is 0.462 e. The van der Waals surface area contributed by atoms with Crippen LogP contribution in [0.5, 0.6) is 0 Å². The number of nitrogens with zero attached hydrogens (tertiary/aromatic N) is 3. The second-order valence-electron chi connectivity index (χ2n) is 6.13. The zero-order valence-corrected chi connectivity index (χ0v) is 14.4. The van der Waals surface area contributed by atoms with Gasteiger partial charge in [0.05, 0.1) is 22.0 Å².